The minimum atomic E-state index is -0.301. The molecule has 6 nitrogen and oxygen atoms in total. The molecule has 1 unspecified atom stereocenters. The molecular weight excluding hydrogens is 334 g/mol. The first-order valence-electron chi connectivity index (χ1n) is 7.88. The molecule has 0 radical (unpaired) electrons. The largest absolute Gasteiger partial charge is 0.325 e. The summed E-state index contributed by atoms with van der Waals surface area (Å²) in [6.07, 6.45) is 3.46. The van der Waals surface area contributed by atoms with Crippen LogP contribution in [-0.4, -0.2) is 30.9 Å². The van der Waals surface area contributed by atoms with Gasteiger partial charge in [-0.15, -0.1) is 10.2 Å². The third-order valence-corrected chi connectivity index (χ3v) is 4.83. The molecule has 1 aromatic carbocycles. The van der Waals surface area contributed by atoms with E-state index >= 15 is 0 Å². The number of hydrogen-bond donors (Lipinski definition) is 1. The number of carbonyl (C=O) groups excluding carboxylic acids is 1. The van der Waals surface area contributed by atoms with Crippen LogP contribution in [0.25, 0.3) is 11.4 Å². The first-order chi connectivity index (χ1) is 12.0. The lowest BCUT2D eigenvalue weighted by atomic mass is 10.2. The van der Waals surface area contributed by atoms with Gasteiger partial charge in [-0.2, -0.15) is 0 Å². The Hall–Kier alpha value is -2.67. The van der Waals surface area contributed by atoms with Crippen LogP contribution >= 0.6 is 11.8 Å². The average molecular weight is 353 g/mol. The highest BCUT2D eigenvalue weighted by molar-refractivity contribution is 8.00. The molecule has 0 aliphatic heterocycles. The molecule has 2 heterocycles. The number of nitrogens with zero attached hydrogens (tertiary/aromatic N) is 4. The number of thioether (sulfide) groups is 1. The van der Waals surface area contributed by atoms with E-state index in [1.807, 2.05) is 61.9 Å². The summed E-state index contributed by atoms with van der Waals surface area (Å²) >= 11 is 1.37. The zero-order valence-corrected chi connectivity index (χ0v) is 15.1. The minimum absolute atomic E-state index is 0.0680. The van der Waals surface area contributed by atoms with Crippen LogP contribution in [0.5, 0.6) is 0 Å². The van der Waals surface area contributed by atoms with E-state index in [1.165, 1.54) is 11.8 Å². The Labute approximate surface area is 150 Å². The fourth-order valence-electron chi connectivity index (χ4n) is 2.34. The van der Waals surface area contributed by atoms with Gasteiger partial charge in [0, 0.05) is 30.7 Å². The van der Waals surface area contributed by atoms with Gasteiger partial charge in [-0.05, 0) is 43.7 Å². The van der Waals surface area contributed by atoms with Crippen LogP contribution in [0.1, 0.15) is 12.5 Å². The van der Waals surface area contributed by atoms with Crippen LogP contribution in [0.3, 0.4) is 0 Å². The van der Waals surface area contributed by atoms with Crippen molar-refractivity contribution in [1.29, 1.82) is 0 Å². The van der Waals surface area contributed by atoms with Crippen LogP contribution in [0.2, 0.25) is 0 Å². The molecule has 3 rings (SSSR count). The van der Waals surface area contributed by atoms with Gasteiger partial charge in [0.2, 0.25) is 5.91 Å². The van der Waals surface area contributed by atoms with E-state index in [0.29, 0.717) is 5.16 Å². The molecule has 25 heavy (non-hydrogen) atoms. The molecule has 3 aromatic rings. The molecule has 0 spiro atoms. The number of nitrogens with one attached hydrogen (secondary N) is 1. The highest BCUT2D eigenvalue weighted by Gasteiger charge is 2.19. The molecule has 1 N–H and O–H groups in total. The summed E-state index contributed by atoms with van der Waals surface area (Å²) in [5.74, 6) is 0.656. The fourth-order valence-corrected chi connectivity index (χ4v) is 3.16. The highest BCUT2D eigenvalue weighted by atomic mass is 32.2. The quantitative estimate of drug-likeness (QED) is 0.713. The van der Waals surface area contributed by atoms with Gasteiger partial charge in [0.1, 0.15) is 0 Å². The number of carbonyl (C=O) groups is 1. The van der Waals surface area contributed by atoms with Crippen LogP contribution in [0.4, 0.5) is 5.69 Å². The molecule has 0 bridgehead atoms. The Kier molecular flexibility index (Phi) is 5.14. The van der Waals surface area contributed by atoms with Gasteiger partial charge >= 0.3 is 0 Å². The lowest BCUT2D eigenvalue weighted by Crippen LogP contribution is -2.22. The maximum atomic E-state index is 12.4. The minimum Gasteiger partial charge on any atom is -0.325 e. The molecule has 0 saturated heterocycles. The zero-order chi connectivity index (χ0) is 17.8. The molecule has 0 aliphatic rings. The van der Waals surface area contributed by atoms with Crippen LogP contribution in [0, 0.1) is 6.92 Å². The number of hydrogen-bond acceptors (Lipinski definition) is 5. The van der Waals surface area contributed by atoms with E-state index in [4.69, 9.17) is 0 Å². The summed E-state index contributed by atoms with van der Waals surface area (Å²) < 4.78 is 1.87. The van der Waals surface area contributed by atoms with E-state index in [-0.39, 0.29) is 11.2 Å². The van der Waals surface area contributed by atoms with Crippen molar-refractivity contribution in [2.45, 2.75) is 24.3 Å². The van der Waals surface area contributed by atoms with E-state index in [2.05, 4.69) is 20.5 Å². The second kappa shape index (κ2) is 7.48. The zero-order valence-electron chi connectivity index (χ0n) is 14.3. The summed E-state index contributed by atoms with van der Waals surface area (Å²) in [5.41, 5.74) is 2.79. The van der Waals surface area contributed by atoms with E-state index < -0.39 is 0 Å². The van der Waals surface area contributed by atoms with Gasteiger partial charge in [-0.3, -0.25) is 9.78 Å². The van der Waals surface area contributed by atoms with Gasteiger partial charge in [0.15, 0.2) is 11.0 Å². The van der Waals surface area contributed by atoms with Crippen LogP contribution in [-0.2, 0) is 11.8 Å². The Morgan fingerprint density at radius 3 is 2.80 bits per heavy atom. The van der Waals surface area contributed by atoms with E-state index in [0.717, 1.165) is 22.6 Å². The summed E-state index contributed by atoms with van der Waals surface area (Å²) in [5, 5.41) is 11.7. The molecule has 0 aliphatic carbocycles. The number of amides is 1. The lowest BCUT2D eigenvalue weighted by Gasteiger charge is -2.12. The number of aryl methyl sites for hydroxylation is 1. The normalized spacial score (nSPS) is 12.0. The Balaban J connectivity index is 1.70. The molecule has 1 atom stereocenters. The van der Waals surface area contributed by atoms with Gasteiger partial charge < -0.3 is 9.88 Å². The summed E-state index contributed by atoms with van der Waals surface area (Å²) in [4.78, 5) is 16.5. The molecule has 7 heteroatoms. The fraction of sp³-hybridized carbons (Fsp3) is 0.222. The summed E-state index contributed by atoms with van der Waals surface area (Å²) in [7, 11) is 1.88. The van der Waals surface area contributed by atoms with Crippen molar-refractivity contribution in [3.63, 3.8) is 0 Å². The van der Waals surface area contributed by atoms with Crippen molar-refractivity contribution >= 4 is 23.4 Å². The number of aromatic nitrogens is 4. The lowest BCUT2D eigenvalue weighted by molar-refractivity contribution is -0.115. The van der Waals surface area contributed by atoms with Crippen molar-refractivity contribution in [3.05, 3.63) is 54.4 Å². The smallest absolute Gasteiger partial charge is 0.237 e. The third kappa shape index (κ3) is 4.06. The Morgan fingerprint density at radius 2 is 2.08 bits per heavy atom. The van der Waals surface area contributed by atoms with E-state index in [9.17, 15) is 4.79 Å². The van der Waals surface area contributed by atoms with Gasteiger partial charge in [0.05, 0.1) is 5.25 Å². The van der Waals surface area contributed by atoms with Crippen molar-refractivity contribution < 1.29 is 4.79 Å². The second-order valence-corrected chi connectivity index (χ2v) is 7.03. The molecule has 0 saturated carbocycles. The number of anilines is 1. The number of rotatable bonds is 5. The average Bonchev–Trinajstić information content (AvgIpc) is 2.96. The van der Waals surface area contributed by atoms with Crippen LogP contribution < -0.4 is 5.32 Å². The van der Waals surface area contributed by atoms with Gasteiger partial charge in [-0.25, -0.2) is 0 Å². The third-order valence-electron chi connectivity index (χ3n) is 3.69. The van der Waals surface area contributed by atoms with Crippen molar-refractivity contribution in [2.24, 2.45) is 7.05 Å². The predicted molar refractivity (Wildman–Crippen MR) is 99.4 cm³/mol. The second-order valence-electron chi connectivity index (χ2n) is 5.73. The Morgan fingerprint density at radius 1 is 1.24 bits per heavy atom. The SMILES string of the molecule is Cc1cccc(NC(=O)C(C)Sc2nnc(-c3cccnc3)n2C)c1. The van der Waals surface area contributed by atoms with Gasteiger partial charge in [-0.1, -0.05) is 23.9 Å². The summed E-state index contributed by atoms with van der Waals surface area (Å²) in [6, 6.07) is 11.5. The number of pyridine rings is 1. The van der Waals surface area contributed by atoms with Crippen molar-refractivity contribution in [1.82, 2.24) is 19.7 Å². The van der Waals surface area contributed by atoms with Crippen molar-refractivity contribution in [2.75, 3.05) is 5.32 Å². The van der Waals surface area contributed by atoms with E-state index in [1.54, 1.807) is 12.4 Å². The molecule has 2 aromatic heterocycles. The first-order valence-corrected chi connectivity index (χ1v) is 8.76. The molecular formula is C18H19N5OS. The first kappa shape index (κ1) is 17.2. The maximum absolute atomic E-state index is 12.4. The molecule has 1 amide bonds. The Bertz CT molecular complexity index is 878. The number of benzene rings is 1. The van der Waals surface area contributed by atoms with Crippen LogP contribution in [0.15, 0.2) is 53.9 Å². The van der Waals surface area contributed by atoms with Crippen molar-refractivity contribution in [3.8, 4) is 11.4 Å². The predicted octanol–water partition coefficient (Wildman–Crippen LogP) is 3.30. The standard InChI is InChI=1S/C18H19N5OS/c1-12-6-4-8-15(10-12)20-17(24)13(2)25-18-22-21-16(23(18)3)14-7-5-9-19-11-14/h4-11,13H,1-3H3,(H,20,24). The summed E-state index contributed by atoms with van der Waals surface area (Å²) in [6.45, 7) is 3.85. The monoisotopic (exact) mass is 353 g/mol. The maximum Gasteiger partial charge on any atom is 0.237 e. The molecule has 128 valence electrons. The van der Waals surface area contributed by atoms with Gasteiger partial charge in [0.25, 0.3) is 0 Å². The molecule has 0 fully saturated rings. The highest BCUT2D eigenvalue weighted by Crippen LogP contribution is 2.26. The topological polar surface area (TPSA) is 72.7 Å².